The van der Waals surface area contributed by atoms with Crippen molar-refractivity contribution >= 4 is 44.5 Å². The van der Waals surface area contributed by atoms with E-state index in [0.717, 1.165) is 61.0 Å². The topological polar surface area (TPSA) is 18.5 Å². The highest BCUT2D eigenvalue weighted by Crippen LogP contribution is 2.60. The van der Waals surface area contributed by atoms with E-state index in [2.05, 4.69) is 109 Å². The SMILES string of the molecule is S=P12c3ccccc3Oc3cc(-c4ccccc4-c4ccccc4)cc(c31)Oc1ccc3ccccc3c12. The molecule has 2 aliphatic rings. The van der Waals surface area contributed by atoms with Crippen LogP contribution < -0.4 is 25.4 Å². The Hall–Kier alpha value is -4.17. The highest BCUT2D eigenvalue weighted by molar-refractivity contribution is 8.26. The second-order valence-corrected chi connectivity index (χ2v) is 13.9. The van der Waals surface area contributed by atoms with Gasteiger partial charge in [0.1, 0.15) is 23.0 Å². The Morgan fingerprint density at radius 1 is 0.474 bits per heavy atom. The summed E-state index contributed by atoms with van der Waals surface area (Å²) in [5, 5.41) is 5.53. The quantitative estimate of drug-likeness (QED) is 0.213. The molecule has 0 spiro atoms. The second-order valence-electron chi connectivity index (χ2n) is 9.65. The fourth-order valence-corrected chi connectivity index (χ4v) is 10.6. The Morgan fingerprint density at radius 3 is 1.92 bits per heavy atom. The summed E-state index contributed by atoms with van der Waals surface area (Å²) in [6.07, 6.45) is 0. The van der Waals surface area contributed by atoms with Crippen molar-refractivity contribution in [1.82, 2.24) is 0 Å². The molecule has 0 aliphatic carbocycles. The third-order valence-electron chi connectivity index (χ3n) is 7.50. The molecule has 2 aliphatic heterocycles. The van der Waals surface area contributed by atoms with Crippen molar-refractivity contribution in [1.29, 1.82) is 0 Å². The number of hydrogen-bond donors (Lipinski definition) is 0. The van der Waals surface area contributed by atoms with Crippen molar-refractivity contribution in [2.45, 2.75) is 0 Å². The van der Waals surface area contributed by atoms with Crippen molar-refractivity contribution in [3.05, 3.63) is 127 Å². The molecular weight excluding hydrogens is 503 g/mol. The molecule has 8 rings (SSSR count). The summed E-state index contributed by atoms with van der Waals surface area (Å²) in [7, 11) is 0. The zero-order valence-electron chi connectivity index (χ0n) is 20.3. The molecule has 0 aromatic heterocycles. The number of rotatable bonds is 2. The Bertz CT molecular complexity index is 1940. The molecule has 0 saturated heterocycles. The number of fused-ring (bicyclic) bond motifs is 6. The summed E-state index contributed by atoms with van der Waals surface area (Å²) in [6.45, 7) is 0. The zero-order valence-corrected chi connectivity index (χ0v) is 22.0. The molecule has 0 amide bonds. The lowest BCUT2D eigenvalue weighted by atomic mass is 9.94. The van der Waals surface area contributed by atoms with E-state index in [1.807, 2.05) is 18.2 Å². The zero-order chi connectivity index (χ0) is 25.3. The normalized spacial score (nSPS) is 16.5. The molecule has 1 unspecified atom stereocenters. The first kappa shape index (κ1) is 21.9. The number of benzene rings is 6. The van der Waals surface area contributed by atoms with Crippen LogP contribution in [0.25, 0.3) is 33.0 Å². The van der Waals surface area contributed by atoms with E-state index in [1.54, 1.807) is 0 Å². The molecule has 38 heavy (non-hydrogen) atoms. The van der Waals surface area contributed by atoms with Crippen LogP contribution in [0.1, 0.15) is 0 Å². The van der Waals surface area contributed by atoms with Gasteiger partial charge in [-0.1, -0.05) is 109 Å². The van der Waals surface area contributed by atoms with Gasteiger partial charge in [0.25, 0.3) is 0 Å². The van der Waals surface area contributed by atoms with Gasteiger partial charge in [-0.3, -0.25) is 0 Å². The summed E-state index contributed by atoms with van der Waals surface area (Å²) in [4.78, 5) is 0. The van der Waals surface area contributed by atoms with Crippen LogP contribution >= 0.6 is 6.04 Å². The maximum Gasteiger partial charge on any atom is 0.140 e. The minimum Gasteiger partial charge on any atom is -0.456 e. The molecule has 0 saturated carbocycles. The van der Waals surface area contributed by atoms with Gasteiger partial charge in [0.2, 0.25) is 0 Å². The number of para-hydroxylation sites is 1. The molecule has 0 radical (unpaired) electrons. The van der Waals surface area contributed by atoms with Gasteiger partial charge < -0.3 is 9.47 Å². The maximum atomic E-state index is 6.80. The minimum absolute atomic E-state index is 0.793. The Morgan fingerprint density at radius 2 is 1.11 bits per heavy atom. The summed E-state index contributed by atoms with van der Waals surface area (Å²) < 4.78 is 13.3. The highest BCUT2D eigenvalue weighted by atomic mass is 32.4. The van der Waals surface area contributed by atoms with Crippen LogP contribution in [-0.2, 0) is 11.8 Å². The second kappa shape index (κ2) is 8.16. The molecule has 4 heteroatoms. The van der Waals surface area contributed by atoms with Crippen LogP contribution in [0.2, 0.25) is 0 Å². The van der Waals surface area contributed by atoms with Crippen LogP contribution in [-0.4, -0.2) is 0 Å². The van der Waals surface area contributed by atoms with Gasteiger partial charge >= 0.3 is 0 Å². The monoisotopic (exact) mass is 524 g/mol. The van der Waals surface area contributed by atoms with E-state index in [9.17, 15) is 0 Å². The first-order chi connectivity index (χ1) is 18.7. The lowest BCUT2D eigenvalue weighted by Gasteiger charge is -2.38. The third kappa shape index (κ3) is 3.04. The summed E-state index contributed by atoms with van der Waals surface area (Å²) in [5.74, 6) is 3.27. The van der Waals surface area contributed by atoms with E-state index in [4.69, 9.17) is 21.3 Å². The molecule has 2 heterocycles. The standard InChI is InChI=1S/C34H21O2PS/c38-37-32-17-9-8-16-28(32)35-30-20-24(26-14-7-6-13-25(26)22-10-2-1-3-11-22)21-31(34(30)37)36-29-19-18-23-12-4-5-15-27(23)33(29)37/h1-21H. The molecule has 6 aromatic rings. The fraction of sp³-hybridized carbons (Fsp3) is 0. The molecule has 0 N–H and O–H groups in total. The Kier molecular flexibility index (Phi) is 4.70. The highest BCUT2D eigenvalue weighted by Gasteiger charge is 2.43. The van der Waals surface area contributed by atoms with E-state index in [-0.39, 0.29) is 0 Å². The lowest BCUT2D eigenvalue weighted by molar-refractivity contribution is 0.467. The Balaban J connectivity index is 1.43. The fourth-order valence-electron chi connectivity index (χ4n) is 5.84. The largest absolute Gasteiger partial charge is 0.456 e. The molecular formula is C34H21O2PS. The third-order valence-corrected chi connectivity index (χ3v) is 12.4. The summed E-state index contributed by atoms with van der Waals surface area (Å²) in [6, 6.07) is 41.7. The van der Waals surface area contributed by atoms with E-state index in [1.165, 1.54) is 10.9 Å². The first-order valence-corrected chi connectivity index (χ1v) is 15.4. The molecule has 1 atom stereocenters. The van der Waals surface area contributed by atoms with Crippen molar-refractivity contribution in [2.24, 2.45) is 0 Å². The van der Waals surface area contributed by atoms with E-state index in [0.29, 0.717) is 0 Å². The minimum atomic E-state index is -2.46. The maximum absolute atomic E-state index is 6.80. The van der Waals surface area contributed by atoms with Gasteiger partial charge in [0.15, 0.2) is 0 Å². The predicted molar refractivity (Wildman–Crippen MR) is 161 cm³/mol. The van der Waals surface area contributed by atoms with Crippen molar-refractivity contribution in [3.63, 3.8) is 0 Å². The van der Waals surface area contributed by atoms with Crippen LogP contribution in [0, 0.1) is 0 Å². The van der Waals surface area contributed by atoms with Crippen molar-refractivity contribution in [2.75, 3.05) is 0 Å². The smallest absolute Gasteiger partial charge is 0.140 e. The first-order valence-electron chi connectivity index (χ1n) is 12.6. The lowest BCUT2D eigenvalue weighted by Crippen LogP contribution is -2.35. The van der Waals surface area contributed by atoms with Gasteiger partial charge in [-0.05, 0) is 63.4 Å². The average molecular weight is 525 g/mol. The Labute approximate surface area is 226 Å². The van der Waals surface area contributed by atoms with E-state index >= 15 is 0 Å². The van der Waals surface area contributed by atoms with Crippen molar-refractivity contribution in [3.8, 4) is 45.3 Å². The van der Waals surface area contributed by atoms with Crippen LogP contribution in [0.15, 0.2) is 127 Å². The van der Waals surface area contributed by atoms with Gasteiger partial charge in [-0.2, -0.15) is 0 Å². The van der Waals surface area contributed by atoms with Crippen LogP contribution in [0.4, 0.5) is 0 Å². The molecule has 180 valence electrons. The molecule has 0 bridgehead atoms. The van der Waals surface area contributed by atoms with Crippen LogP contribution in [0.5, 0.6) is 23.0 Å². The van der Waals surface area contributed by atoms with Crippen molar-refractivity contribution < 1.29 is 9.47 Å². The van der Waals surface area contributed by atoms with Crippen LogP contribution in [0.3, 0.4) is 0 Å². The average Bonchev–Trinajstić information content (AvgIpc) is 2.97. The van der Waals surface area contributed by atoms with E-state index < -0.39 is 6.04 Å². The summed E-state index contributed by atoms with van der Waals surface area (Å²) in [5.41, 5.74) is 4.51. The molecule has 0 fully saturated rings. The predicted octanol–water partition coefficient (Wildman–Crippen LogP) is 8.14. The van der Waals surface area contributed by atoms with Gasteiger partial charge in [0.05, 0.1) is 11.3 Å². The number of ether oxygens (including phenoxy) is 2. The van der Waals surface area contributed by atoms with Gasteiger partial charge in [-0.25, -0.2) is 0 Å². The van der Waals surface area contributed by atoms with Gasteiger partial charge in [0, 0.05) is 10.6 Å². The summed E-state index contributed by atoms with van der Waals surface area (Å²) >= 11 is 6.80. The number of hydrogen-bond acceptors (Lipinski definition) is 3. The van der Waals surface area contributed by atoms with Gasteiger partial charge in [-0.15, -0.1) is 0 Å². The molecule has 2 nitrogen and oxygen atoms in total. The molecule has 6 aromatic carbocycles.